The van der Waals surface area contributed by atoms with E-state index in [2.05, 4.69) is 5.32 Å². The van der Waals surface area contributed by atoms with Gasteiger partial charge in [0.1, 0.15) is 5.00 Å². The lowest BCUT2D eigenvalue weighted by Gasteiger charge is -2.13. The fraction of sp³-hybridized carbons (Fsp3) is 0.316. The van der Waals surface area contributed by atoms with Crippen LogP contribution in [0.3, 0.4) is 0 Å². The second-order valence-corrected chi connectivity index (χ2v) is 6.75. The number of esters is 1. The summed E-state index contributed by atoms with van der Waals surface area (Å²) in [6.07, 6.45) is -0.496. The van der Waals surface area contributed by atoms with Gasteiger partial charge in [0.25, 0.3) is 11.8 Å². The largest absolute Gasteiger partial charge is 0.493 e. The van der Waals surface area contributed by atoms with Crippen molar-refractivity contribution in [1.29, 1.82) is 0 Å². The van der Waals surface area contributed by atoms with Crippen LogP contribution in [0.25, 0.3) is 0 Å². The van der Waals surface area contributed by atoms with Crippen molar-refractivity contribution in [1.82, 2.24) is 0 Å². The number of aryl methyl sites for hydroxylation is 1. The number of primary amides is 1. The molecule has 2 aromatic rings. The Balaban J connectivity index is 1.87. The lowest BCUT2D eigenvalue weighted by molar-refractivity contribution is -0.153. The number of nitrogens with two attached hydrogens (primary N) is 1. The minimum atomic E-state index is -1.01. The van der Waals surface area contributed by atoms with Gasteiger partial charge in [-0.1, -0.05) is 6.07 Å². The van der Waals surface area contributed by atoms with E-state index < -0.39 is 23.9 Å². The lowest BCUT2D eigenvalue weighted by atomic mass is 10.1. The van der Waals surface area contributed by atoms with Gasteiger partial charge in [0.15, 0.2) is 17.6 Å². The highest BCUT2D eigenvalue weighted by Gasteiger charge is 2.20. The molecular formula is C19H22N2O6S. The number of hydrogen-bond acceptors (Lipinski definition) is 7. The third-order valence-corrected chi connectivity index (χ3v) is 4.74. The van der Waals surface area contributed by atoms with E-state index in [1.54, 1.807) is 24.6 Å². The maximum Gasteiger partial charge on any atom is 0.306 e. The van der Waals surface area contributed by atoms with Gasteiger partial charge in [0.2, 0.25) is 0 Å². The summed E-state index contributed by atoms with van der Waals surface area (Å²) in [4.78, 5) is 35.5. The molecule has 1 heterocycles. The summed E-state index contributed by atoms with van der Waals surface area (Å²) < 4.78 is 15.6. The van der Waals surface area contributed by atoms with Gasteiger partial charge in [-0.3, -0.25) is 14.4 Å². The second kappa shape index (κ2) is 9.75. The highest BCUT2D eigenvalue weighted by molar-refractivity contribution is 7.14. The first-order valence-corrected chi connectivity index (χ1v) is 9.32. The van der Waals surface area contributed by atoms with Gasteiger partial charge >= 0.3 is 5.97 Å². The average Bonchev–Trinajstić information content (AvgIpc) is 3.14. The SMILES string of the molecule is COc1ccc(CCC(=O)O[C@H](C)C(=O)Nc2sccc2C(N)=O)cc1OC. The quantitative estimate of drug-likeness (QED) is 0.618. The third-order valence-electron chi connectivity index (χ3n) is 3.91. The van der Waals surface area contributed by atoms with E-state index in [0.717, 1.165) is 16.9 Å². The first-order valence-electron chi connectivity index (χ1n) is 8.44. The number of ether oxygens (including phenoxy) is 3. The van der Waals surface area contributed by atoms with E-state index >= 15 is 0 Å². The number of anilines is 1. The van der Waals surface area contributed by atoms with Crippen molar-refractivity contribution in [2.45, 2.75) is 25.9 Å². The second-order valence-electron chi connectivity index (χ2n) is 5.84. The lowest BCUT2D eigenvalue weighted by Crippen LogP contribution is -2.30. The Kier molecular flexibility index (Phi) is 7.39. The van der Waals surface area contributed by atoms with Gasteiger partial charge < -0.3 is 25.3 Å². The summed E-state index contributed by atoms with van der Waals surface area (Å²) in [5, 5.41) is 4.51. The van der Waals surface area contributed by atoms with Gasteiger partial charge in [-0.2, -0.15) is 0 Å². The van der Waals surface area contributed by atoms with Gasteiger partial charge in [0, 0.05) is 6.42 Å². The molecule has 0 radical (unpaired) electrons. The number of thiophene rings is 1. The summed E-state index contributed by atoms with van der Waals surface area (Å²) in [6, 6.07) is 6.88. The van der Waals surface area contributed by atoms with Crippen molar-refractivity contribution in [2.24, 2.45) is 5.73 Å². The van der Waals surface area contributed by atoms with Crippen LogP contribution in [0, 0.1) is 0 Å². The van der Waals surface area contributed by atoms with Gasteiger partial charge in [-0.05, 0) is 42.5 Å². The number of methoxy groups -OCH3 is 2. The molecule has 1 atom stereocenters. The average molecular weight is 406 g/mol. The molecule has 0 aliphatic heterocycles. The van der Waals surface area contributed by atoms with Crippen molar-refractivity contribution < 1.29 is 28.6 Å². The molecule has 150 valence electrons. The maximum absolute atomic E-state index is 12.2. The molecule has 9 heteroatoms. The number of carbonyl (C=O) groups excluding carboxylic acids is 3. The van der Waals surface area contributed by atoms with Crippen LogP contribution in [0.15, 0.2) is 29.6 Å². The van der Waals surface area contributed by atoms with Crippen molar-refractivity contribution >= 4 is 34.1 Å². The highest BCUT2D eigenvalue weighted by Crippen LogP contribution is 2.28. The molecule has 2 amide bonds. The smallest absolute Gasteiger partial charge is 0.306 e. The predicted octanol–water partition coefficient (Wildman–Crippen LogP) is 2.37. The number of nitrogens with one attached hydrogen (secondary N) is 1. The van der Waals surface area contributed by atoms with Crippen LogP contribution < -0.4 is 20.5 Å². The van der Waals surface area contributed by atoms with E-state index in [9.17, 15) is 14.4 Å². The van der Waals surface area contributed by atoms with Crippen molar-refractivity contribution in [3.8, 4) is 11.5 Å². The molecule has 0 saturated heterocycles. The Bertz CT molecular complexity index is 864. The number of rotatable bonds is 9. The van der Waals surface area contributed by atoms with Crippen molar-refractivity contribution in [2.75, 3.05) is 19.5 Å². The molecular weight excluding hydrogens is 384 g/mol. The number of hydrogen-bond donors (Lipinski definition) is 2. The maximum atomic E-state index is 12.2. The Labute approximate surface area is 166 Å². The highest BCUT2D eigenvalue weighted by atomic mass is 32.1. The predicted molar refractivity (Wildman–Crippen MR) is 105 cm³/mol. The van der Waals surface area contributed by atoms with Gasteiger partial charge in [0.05, 0.1) is 19.8 Å². The zero-order chi connectivity index (χ0) is 20.7. The van der Waals surface area contributed by atoms with Crippen LogP contribution in [-0.4, -0.2) is 38.1 Å². The first-order chi connectivity index (χ1) is 13.3. The van der Waals surface area contributed by atoms with Crippen LogP contribution in [-0.2, 0) is 20.7 Å². The van der Waals surface area contributed by atoms with Gasteiger partial charge in [-0.25, -0.2) is 0 Å². The first kappa shape index (κ1) is 21.2. The van der Waals surface area contributed by atoms with Gasteiger partial charge in [-0.15, -0.1) is 11.3 Å². The van der Waals surface area contributed by atoms with E-state index in [1.807, 2.05) is 6.07 Å². The zero-order valence-electron chi connectivity index (χ0n) is 15.8. The molecule has 0 bridgehead atoms. The Morgan fingerprint density at radius 3 is 2.50 bits per heavy atom. The standard InChI is InChI=1S/C19H22N2O6S/c1-11(18(24)21-19-13(17(20)23)8-9-28-19)27-16(22)7-5-12-4-6-14(25-2)15(10-12)26-3/h4,6,8-11H,5,7H2,1-3H3,(H2,20,23)(H,21,24)/t11-/m1/s1. The normalized spacial score (nSPS) is 11.4. The molecule has 2 rings (SSSR count). The summed E-state index contributed by atoms with van der Waals surface area (Å²) in [7, 11) is 3.08. The Morgan fingerprint density at radius 2 is 1.86 bits per heavy atom. The molecule has 1 aromatic heterocycles. The number of amides is 2. The van der Waals surface area contributed by atoms with Crippen LogP contribution >= 0.6 is 11.3 Å². The van der Waals surface area contributed by atoms with E-state index in [4.69, 9.17) is 19.9 Å². The minimum absolute atomic E-state index is 0.0959. The summed E-state index contributed by atoms with van der Waals surface area (Å²) in [5.41, 5.74) is 6.32. The van der Waals surface area contributed by atoms with Crippen molar-refractivity contribution in [3.63, 3.8) is 0 Å². The molecule has 8 nitrogen and oxygen atoms in total. The van der Waals surface area contributed by atoms with Crippen LogP contribution in [0.4, 0.5) is 5.00 Å². The van der Waals surface area contributed by atoms with E-state index in [1.165, 1.54) is 20.1 Å². The van der Waals surface area contributed by atoms with Crippen molar-refractivity contribution in [3.05, 3.63) is 40.8 Å². The fourth-order valence-corrected chi connectivity index (χ4v) is 3.20. The molecule has 0 spiro atoms. The Hall–Kier alpha value is -3.07. The zero-order valence-corrected chi connectivity index (χ0v) is 16.6. The van der Waals surface area contributed by atoms with E-state index in [0.29, 0.717) is 22.9 Å². The summed E-state index contributed by atoms with van der Waals surface area (Å²) >= 11 is 1.16. The van der Waals surface area contributed by atoms with Crippen LogP contribution in [0.2, 0.25) is 0 Å². The summed E-state index contributed by atoms with van der Waals surface area (Å²) in [6.45, 7) is 1.46. The monoisotopic (exact) mass is 406 g/mol. The third kappa shape index (κ3) is 5.46. The fourth-order valence-electron chi connectivity index (χ4n) is 2.41. The summed E-state index contributed by atoms with van der Waals surface area (Å²) in [5.74, 6) is -0.524. The topological polar surface area (TPSA) is 117 Å². The number of carbonyl (C=O) groups is 3. The molecule has 0 aliphatic rings. The molecule has 3 N–H and O–H groups in total. The van der Waals surface area contributed by atoms with Crippen LogP contribution in [0.1, 0.15) is 29.3 Å². The number of benzene rings is 1. The molecule has 1 aromatic carbocycles. The molecule has 0 aliphatic carbocycles. The van der Waals surface area contributed by atoms with E-state index in [-0.39, 0.29) is 12.0 Å². The molecule has 28 heavy (non-hydrogen) atoms. The molecule has 0 unspecified atom stereocenters. The molecule has 0 fully saturated rings. The Morgan fingerprint density at radius 1 is 1.14 bits per heavy atom. The molecule has 0 saturated carbocycles. The minimum Gasteiger partial charge on any atom is -0.493 e. The van der Waals surface area contributed by atoms with Crippen LogP contribution in [0.5, 0.6) is 11.5 Å².